The zero-order valence-corrected chi connectivity index (χ0v) is 11.7. The van der Waals surface area contributed by atoms with E-state index >= 15 is 0 Å². The fraction of sp³-hybridized carbons (Fsp3) is 0.312. The van der Waals surface area contributed by atoms with Crippen molar-refractivity contribution in [2.75, 3.05) is 6.26 Å². The molecule has 0 saturated heterocycles. The summed E-state index contributed by atoms with van der Waals surface area (Å²) in [4.78, 5) is 5.68. The molecular formula is C16H17NOS. The summed E-state index contributed by atoms with van der Waals surface area (Å²) in [5.74, 6) is 0.135. The van der Waals surface area contributed by atoms with Gasteiger partial charge in [0.15, 0.2) is 0 Å². The monoisotopic (exact) mass is 271 g/mol. The van der Waals surface area contributed by atoms with Crippen LogP contribution in [0.1, 0.15) is 35.3 Å². The highest BCUT2D eigenvalue weighted by atomic mass is 32.2. The summed E-state index contributed by atoms with van der Waals surface area (Å²) in [5, 5.41) is 10.6. The van der Waals surface area contributed by atoms with E-state index in [0.29, 0.717) is 0 Å². The predicted molar refractivity (Wildman–Crippen MR) is 78.5 cm³/mol. The third-order valence-corrected chi connectivity index (χ3v) is 4.58. The van der Waals surface area contributed by atoms with Crippen LogP contribution in [0.4, 0.5) is 0 Å². The number of aromatic nitrogens is 1. The van der Waals surface area contributed by atoms with Crippen molar-refractivity contribution in [2.45, 2.75) is 29.8 Å². The standard InChI is InChI=1S/C16H17NOS/c1-19-13-7-4-12(5-8-13)16(18)14-9-6-11-3-2-10-17-15(11)14/h2-5,7-8,10,14,16,18H,6,9H2,1H3. The number of aliphatic hydroxyl groups is 1. The number of fused-ring (bicyclic) bond motifs is 1. The molecule has 19 heavy (non-hydrogen) atoms. The van der Waals surface area contributed by atoms with E-state index in [4.69, 9.17) is 0 Å². The third kappa shape index (κ3) is 2.40. The first-order chi connectivity index (χ1) is 9.29. The molecule has 98 valence electrons. The molecule has 0 fully saturated rings. The zero-order chi connectivity index (χ0) is 13.2. The summed E-state index contributed by atoms with van der Waals surface area (Å²) >= 11 is 1.72. The Morgan fingerprint density at radius 2 is 2.05 bits per heavy atom. The highest BCUT2D eigenvalue weighted by Gasteiger charge is 2.30. The molecule has 0 aliphatic heterocycles. The zero-order valence-electron chi connectivity index (χ0n) is 10.9. The van der Waals surface area contributed by atoms with Crippen molar-refractivity contribution in [1.29, 1.82) is 0 Å². The van der Waals surface area contributed by atoms with Gasteiger partial charge in [-0.15, -0.1) is 11.8 Å². The Hall–Kier alpha value is -1.32. The number of pyridine rings is 1. The van der Waals surface area contributed by atoms with Crippen LogP contribution in [0.15, 0.2) is 47.5 Å². The van der Waals surface area contributed by atoms with Gasteiger partial charge in [0.1, 0.15) is 0 Å². The molecule has 1 N–H and O–H groups in total. The number of nitrogens with zero attached hydrogens (tertiary/aromatic N) is 1. The number of aliphatic hydroxyl groups excluding tert-OH is 1. The molecule has 1 aliphatic rings. The lowest BCUT2D eigenvalue weighted by Gasteiger charge is -2.19. The maximum Gasteiger partial charge on any atom is 0.0873 e. The third-order valence-electron chi connectivity index (χ3n) is 3.84. The Balaban J connectivity index is 1.86. The van der Waals surface area contributed by atoms with E-state index in [0.717, 1.165) is 24.1 Å². The first-order valence-corrected chi connectivity index (χ1v) is 7.78. The Labute approximate surface area is 117 Å². The molecule has 2 atom stereocenters. The maximum absolute atomic E-state index is 10.6. The summed E-state index contributed by atoms with van der Waals surface area (Å²) in [6.45, 7) is 0. The van der Waals surface area contributed by atoms with Crippen LogP contribution in [0.5, 0.6) is 0 Å². The Bertz CT molecular complexity index is 567. The number of hydrogen-bond donors (Lipinski definition) is 1. The van der Waals surface area contributed by atoms with Crippen LogP contribution in [0, 0.1) is 0 Å². The van der Waals surface area contributed by atoms with Crippen LogP contribution in [-0.4, -0.2) is 16.3 Å². The van der Waals surface area contributed by atoms with Crippen molar-refractivity contribution in [3.05, 3.63) is 59.4 Å². The summed E-state index contributed by atoms with van der Waals surface area (Å²) in [5.41, 5.74) is 3.34. The van der Waals surface area contributed by atoms with Gasteiger partial charge in [0.25, 0.3) is 0 Å². The van der Waals surface area contributed by atoms with Crippen molar-refractivity contribution < 1.29 is 5.11 Å². The molecule has 0 amide bonds. The summed E-state index contributed by atoms with van der Waals surface area (Å²) < 4.78 is 0. The van der Waals surface area contributed by atoms with Gasteiger partial charge in [0.05, 0.1) is 6.10 Å². The quantitative estimate of drug-likeness (QED) is 0.866. The number of thioether (sulfide) groups is 1. The molecule has 1 aromatic carbocycles. The van der Waals surface area contributed by atoms with E-state index in [1.54, 1.807) is 11.8 Å². The Kier molecular flexibility index (Phi) is 3.58. The lowest BCUT2D eigenvalue weighted by atomic mass is 9.93. The molecule has 2 unspecified atom stereocenters. The number of aryl methyl sites for hydroxylation is 1. The van der Waals surface area contributed by atoms with Crippen molar-refractivity contribution in [3.63, 3.8) is 0 Å². The highest BCUT2D eigenvalue weighted by Crippen LogP contribution is 2.40. The largest absolute Gasteiger partial charge is 0.388 e. The van der Waals surface area contributed by atoms with E-state index < -0.39 is 6.10 Å². The molecule has 2 nitrogen and oxygen atoms in total. The maximum atomic E-state index is 10.6. The van der Waals surface area contributed by atoms with Gasteiger partial charge in [-0.2, -0.15) is 0 Å². The first-order valence-electron chi connectivity index (χ1n) is 6.55. The molecule has 3 rings (SSSR count). The van der Waals surface area contributed by atoms with Crippen LogP contribution in [-0.2, 0) is 6.42 Å². The first kappa shape index (κ1) is 12.7. The molecular weight excluding hydrogens is 254 g/mol. The van der Waals surface area contributed by atoms with Crippen LogP contribution in [0.2, 0.25) is 0 Å². The van der Waals surface area contributed by atoms with Crippen LogP contribution < -0.4 is 0 Å². The van der Waals surface area contributed by atoms with E-state index in [2.05, 4.69) is 29.4 Å². The molecule has 0 radical (unpaired) electrons. The molecule has 1 heterocycles. The molecule has 2 aromatic rings. The van der Waals surface area contributed by atoms with Crippen LogP contribution in [0.3, 0.4) is 0 Å². The van der Waals surface area contributed by atoms with Gasteiger partial charge in [-0.1, -0.05) is 18.2 Å². The fourth-order valence-corrected chi connectivity index (χ4v) is 3.19. The van der Waals surface area contributed by atoms with Crippen molar-refractivity contribution in [2.24, 2.45) is 0 Å². The molecule has 1 aliphatic carbocycles. The van der Waals surface area contributed by atoms with Crippen LogP contribution in [0.25, 0.3) is 0 Å². The van der Waals surface area contributed by atoms with Gasteiger partial charge in [0, 0.05) is 22.7 Å². The second-order valence-corrected chi connectivity index (χ2v) is 5.79. The summed E-state index contributed by atoms with van der Waals surface area (Å²) in [7, 11) is 0. The van der Waals surface area contributed by atoms with E-state index in [1.165, 1.54) is 10.5 Å². The Morgan fingerprint density at radius 3 is 2.79 bits per heavy atom. The van der Waals surface area contributed by atoms with Gasteiger partial charge in [-0.25, -0.2) is 0 Å². The minimum atomic E-state index is -0.452. The summed E-state index contributed by atoms with van der Waals surface area (Å²) in [6.07, 6.45) is 5.43. The fourth-order valence-electron chi connectivity index (χ4n) is 2.78. The second-order valence-electron chi connectivity index (χ2n) is 4.91. The van der Waals surface area contributed by atoms with Gasteiger partial charge in [0.2, 0.25) is 0 Å². The van der Waals surface area contributed by atoms with Crippen molar-refractivity contribution in [1.82, 2.24) is 4.98 Å². The van der Waals surface area contributed by atoms with Crippen LogP contribution >= 0.6 is 11.8 Å². The normalized spacial score (nSPS) is 19.2. The average molecular weight is 271 g/mol. The molecule has 0 bridgehead atoms. The van der Waals surface area contributed by atoms with E-state index in [-0.39, 0.29) is 5.92 Å². The van der Waals surface area contributed by atoms with Crippen molar-refractivity contribution in [3.8, 4) is 0 Å². The highest BCUT2D eigenvalue weighted by molar-refractivity contribution is 7.98. The minimum absolute atomic E-state index is 0.135. The van der Waals surface area contributed by atoms with E-state index in [9.17, 15) is 5.11 Å². The van der Waals surface area contributed by atoms with Gasteiger partial charge >= 0.3 is 0 Å². The average Bonchev–Trinajstić information content (AvgIpc) is 2.90. The van der Waals surface area contributed by atoms with Gasteiger partial charge < -0.3 is 5.11 Å². The lowest BCUT2D eigenvalue weighted by Crippen LogP contribution is -2.09. The topological polar surface area (TPSA) is 33.1 Å². The number of benzene rings is 1. The molecule has 1 aromatic heterocycles. The Morgan fingerprint density at radius 1 is 1.26 bits per heavy atom. The van der Waals surface area contributed by atoms with Crippen molar-refractivity contribution >= 4 is 11.8 Å². The SMILES string of the molecule is CSc1ccc(C(O)C2CCc3cccnc32)cc1. The van der Waals surface area contributed by atoms with E-state index in [1.807, 2.05) is 24.4 Å². The molecule has 0 saturated carbocycles. The second kappa shape index (κ2) is 5.35. The molecule has 0 spiro atoms. The van der Waals surface area contributed by atoms with Gasteiger partial charge in [-0.3, -0.25) is 4.98 Å². The smallest absolute Gasteiger partial charge is 0.0873 e. The van der Waals surface area contributed by atoms with Gasteiger partial charge in [-0.05, 0) is 48.4 Å². The number of hydrogen-bond acceptors (Lipinski definition) is 3. The minimum Gasteiger partial charge on any atom is -0.388 e. The number of rotatable bonds is 3. The lowest BCUT2D eigenvalue weighted by molar-refractivity contribution is 0.143. The summed E-state index contributed by atoms with van der Waals surface area (Å²) in [6, 6.07) is 12.3. The molecule has 3 heteroatoms. The predicted octanol–water partition coefficient (Wildman–Crippen LogP) is 3.57.